The van der Waals surface area contributed by atoms with Crippen LogP contribution in [0.15, 0.2) is 74.6 Å². The number of fused-ring (bicyclic) bond motifs is 1. The Morgan fingerprint density at radius 1 is 1.25 bits per heavy atom. The molecule has 1 aliphatic heterocycles. The highest BCUT2D eigenvalue weighted by molar-refractivity contribution is 9.10. The largest absolute Gasteiger partial charge is 0.493 e. The van der Waals surface area contributed by atoms with Gasteiger partial charge in [-0.2, -0.15) is 0 Å². The second-order valence-corrected chi connectivity index (χ2v) is 11.1. The molecule has 4 rings (SSSR count). The fraction of sp³-hybridized carbons (Fsp3) is 0.300. The number of ether oxygens (including phenoxy) is 4. The summed E-state index contributed by atoms with van der Waals surface area (Å²) in [4.78, 5) is 32.5. The van der Waals surface area contributed by atoms with Gasteiger partial charge < -0.3 is 18.9 Å². The SMILES string of the molecule is C=CCOc1c(/C=c2\sc3n(c2=O)[C@@H](c2ccccc2OC(C)C)C(C(=O)OCC)=C(C)N=3)cc(Br)cc1OC. The van der Waals surface area contributed by atoms with Crippen molar-refractivity contribution in [1.82, 2.24) is 4.57 Å². The second kappa shape index (κ2) is 12.7. The topological polar surface area (TPSA) is 88.4 Å². The van der Waals surface area contributed by atoms with Gasteiger partial charge in [-0.3, -0.25) is 9.36 Å². The number of nitrogens with zero attached hydrogens (tertiary/aromatic N) is 2. The summed E-state index contributed by atoms with van der Waals surface area (Å²) in [7, 11) is 1.55. The third-order valence-corrected chi connectivity index (χ3v) is 7.43. The molecule has 0 unspecified atom stereocenters. The number of halogens is 1. The number of carbonyl (C=O) groups excluding carboxylic acids is 1. The number of hydrogen-bond donors (Lipinski definition) is 0. The van der Waals surface area contributed by atoms with Crippen molar-refractivity contribution in [2.75, 3.05) is 20.3 Å². The first kappa shape index (κ1) is 29.4. The first-order valence-electron chi connectivity index (χ1n) is 12.8. The maximum absolute atomic E-state index is 14.1. The molecule has 10 heteroatoms. The molecule has 0 amide bonds. The van der Waals surface area contributed by atoms with E-state index in [-0.39, 0.29) is 24.9 Å². The molecule has 0 bridgehead atoms. The number of thiazole rings is 1. The van der Waals surface area contributed by atoms with Gasteiger partial charge in [0.05, 0.1) is 35.6 Å². The Balaban J connectivity index is 2.00. The van der Waals surface area contributed by atoms with Crippen LogP contribution in [0.25, 0.3) is 6.08 Å². The van der Waals surface area contributed by atoms with Crippen LogP contribution in [0, 0.1) is 0 Å². The van der Waals surface area contributed by atoms with E-state index in [1.165, 1.54) is 15.9 Å². The minimum Gasteiger partial charge on any atom is -0.493 e. The number of benzene rings is 2. The van der Waals surface area contributed by atoms with E-state index in [1.807, 2.05) is 44.2 Å². The molecule has 0 fully saturated rings. The molecule has 1 aliphatic rings. The molecule has 210 valence electrons. The van der Waals surface area contributed by atoms with Gasteiger partial charge in [0, 0.05) is 15.6 Å². The molecule has 2 aromatic carbocycles. The average molecular weight is 628 g/mol. The fourth-order valence-electron chi connectivity index (χ4n) is 4.44. The highest BCUT2D eigenvalue weighted by Crippen LogP contribution is 2.37. The van der Waals surface area contributed by atoms with Crippen molar-refractivity contribution in [3.63, 3.8) is 0 Å². The van der Waals surface area contributed by atoms with E-state index in [1.54, 1.807) is 39.2 Å². The number of allylic oxidation sites excluding steroid dienone is 1. The normalized spacial score (nSPS) is 15.0. The molecule has 0 saturated carbocycles. The fourth-order valence-corrected chi connectivity index (χ4v) is 5.93. The van der Waals surface area contributed by atoms with E-state index < -0.39 is 12.0 Å². The van der Waals surface area contributed by atoms with Crippen LogP contribution >= 0.6 is 27.3 Å². The Bertz CT molecular complexity index is 1650. The quantitative estimate of drug-likeness (QED) is 0.234. The van der Waals surface area contributed by atoms with Crippen molar-refractivity contribution in [2.24, 2.45) is 4.99 Å². The Hall–Kier alpha value is -3.63. The zero-order valence-electron chi connectivity index (χ0n) is 23.0. The molecule has 0 radical (unpaired) electrons. The lowest BCUT2D eigenvalue weighted by Gasteiger charge is -2.26. The highest BCUT2D eigenvalue weighted by atomic mass is 79.9. The van der Waals surface area contributed by atoms with Crippen LogP contribution in [0.1, 0.15) is 44.9 Å². The van der Waals surface area contributed by atoms with Crippen LogP contribution in [0.2, 0.25) is 0 Å². The Labute approximate surface area is 245 Å². The number of methoxy groups -OCH3 is 1. The lowest BCUT2D eigenvalue weighted by Crippen LogP contribution is -2.40. The van der Waals surface area contributed by atoms with Crippen molar-refractivity contribution in [2.45, 2.75) is 39.8 Å². The van der Waals surface area contributed by atoms with Gasteiger partial charge in [-0.25, -0.2) is 9.79 Å². The molecule has 1 aromatic heterocycles. The summed E-state index contributed by atoms with van der Waals surface area (Å²) in [5, 5.41) is 0. The van der Waals surface area contributed by atoms with Gasteiger partial charge in [0.25, 0.3) is 5.56 Å². The van der Waals surface area contributed by atoms with E-state index in [4.69, 9.17) is 18.9 Å². The Morgan fingerprint density at radius 3 is 2.67 bits per heavy atom. The molecular weight excluding hydrogens is 596 g/mol. The summed E-state index contributed by atoms with van der Waals surface area (Å²) in [6, 6.07) is 10.2. The number of carbonyl (C=O) groups is 1. The van der Waals surface area contributed by atoms with Crippen molar-refractivity contribution in [3.05, 3.63) is 95.6 Å². The molecule has 3 aromatic rings. The van der Waals surface area contributed by atoms with Crippen molar-refractivity contribution < 1.29 is 23.7 Å². The molecule has 2 heterocycles. The lowest BCUT2D eigenvalue weighted by atomic mass is 9.95. The van der Waals surface area contributed by atoms with Crippen molar-refractivity contribution in [1.29, 1.82) is 0 Å². The standard InChI is InChI=1S/C30H31BrN2O6S/c1-7-13-38-27-19(14-20(31)16-23(27)36-6)15-24-28(34)33-26(21-11-9-10-12-22(21)39-17(3)4)25(29(35)37-8-2)18(5)32-30(33)40-24/h7,9-12,14-17,26H,1,8,13H2,2-6H3/b24-15-/t26-/m0/s1. The zero-order chi connectivity index (χ0) is 29.0. The van der Waals surface area contributed by atoms with Crippen molar-refractivity contribution >= 4 is 39.3 Å². The van der Waals surface area contributed by atoms with Gasteiger partial charge in [-0.05, 0) is 52.0 Å². The molecule has 40 heavy (non-hydrogen) atoms. The van der Waals surface area contributed by atoms with Crippen LogP contribution in [0.3, 0.4) is 0 Å². The molecule has 0 saturated heterocycles. The maximum Gasteiger partial charge on any atom is 0.338 e. The van der Waals surface area contributed by atoms with E-state index in [0.717, 1.165) is 4.47 Å². The van der Waals surface area contributed by atoms with Crippen molar-refractivity contribution in [3.8, 4) is 17.2 Å². The summed E-state index contributed by atoms with van der Waals surface area (Å²) < 4.78 is 25.7. The predicted molar refractivity (Wildman–Crippen MR) is 159 cm³/mol. The monoisotopic (exact) mass is 626 g/mol. The molecule has 1 atom stereocenters. The smallest absolute Gasteiger partial charge is 0.338 e. The summed E-state index contributed by atoms with van der Waals surface area (Å²) in [6.45, 7) is 11.5. The second-order valence-electron chi connectivity index (χ2n) is 9.13. The zero-order valence-corrected chi connectivity index (χ0v) is 25.4. The van der Waals surface area contributed by atoms with Gasteiger partial charge in [-0.15, -0.1) is 0 Å². The number of rotatable bonds is 10. The van der Waals surface area contributed by atoms with Gasteiger partial charge in [-0.1, -0.05) is 58.1 Å². The molecular formula is C30H31BrN2O6S. The van der Waals surface area contributed by atoms with Gasteiger partial charge in [0.1, 0.15) is 18.4 Å². The van der Waals surface area contributed by atoms with Crippen LogP contribution in [0.5, 0.6) is 17.2 Å². The van der Waals surface area contributed by atoms with Crippen LogP contribution < -0.4 is 29.1 Å². The molecule has 0 aliphatic carbocycles. The number of para-hydroxylation sites is 1. The van der Waals surface area contributed by atoms with Gasteiger partial charge >= 0.3 is 5.97 Å². The van der Waals surface area contributed by atoms with Gasteiger partial charge in [0.15, 0.2) is 16.3 Å². The minimum atomic E-state index is -0.791. The maximum atomic E-state index is 14.1. The van der Waals surface area contributed by atoms with E-state index in [9.17, 15) is 9.59 Å². The first-order chi connectivity index (χ1) is 19.2. The first-order valence-corrected chi connectivity index (χ1v) is 14.4. The van der Waals surface area contributed by atoms with E-state index in [0.29, 0.717) is 49.0 Å². The van der Waals surface area contributed by atoms with Crippen LogP contribution in [-0.4, -0.2) is 37.0 Å². The molecule has 0 spiro atoms. The highest BCUT2D eigenvalue weighted by Gasteiger charge is 2.35. The van der Waals surface area contributed by atoms with Crippen LogP contribution in [-0.2, 0) is 9.53 Å². The summed E-state index contributed by atoms with van der Waals surface area (Å²) in [5.74, 6) is 1.03. The van der Waals surface area contributed by atoms with E-state index >= 15 is 0 Å². The lowest BCUT2D eigenvalue weighted by molar-refractivity contribution is -0.139. The van der Waals surface area contributed by atoms with Gasteiger partial charge in [0.2, 0.25) is 0 Å². The summed E-state index contributed by atoms with van der Waals surface area (Å²) in [5.41, 5.74) is 1.77. The summed E-state index contributed by atoms with van der Waals surface area (Å²) >= 11 is 4.74. The summed E-state index contributed by atoms with van der Waals surface area (Å²) in [6.07, 6.45) is 3.26. The Morgan fingerprint density at radius 2 is 2.00 bits per heavy atom. The third kappa shape index (κ3) is 5.93. The third-order valence-electron chi connectivity index (χ3n) is 5.99. The minimum absolute atomic E-state index is 0.117. The Kier molecular flexibility index (Phi) is 9.32. The number of hydrogen-bond acceptors (Lipinski definition) is 8. The number of aromatic nitrogens is 1. The predicted octanol–water partition coefficient (Wildman–Crippen LogP) is 4.92. The molecule has 8 nitrogen and oxygen atoms in total. The van der Waals surface area contributed by atoms with E-state index in [2.05, 4.69) is 27.5 Å². The number of esters is 1. The average Bonchev–Trinajstić information content (AvgIpc) is 3.21. The van der Waals surface area contributed by atoms with Crippen LogP contribution in [0.4, 0.5) is 0 Å². The molecule has 0 N–H and O–H groups in total.